The Labute approximate surface area is 108 Å². The van der Waals surface area contributed by atoms with Gasteiger partial charge in [0.1, 0.15) is 0 Å². The van der Waals surface area contributed by atoms with Crippen LogP contribution in [-0.2, 0) is 0 Å². The fourth-order valence-corrected chi connectivity index (χ4v) is 5.13. The van der Waals surface area contributed by atoms with Crippen molar-refractivity contribution in [1.82, 2.24) is 4.90 Å². The van der Waals surface area contributed by atoms with Crippen LogP contribution in [0.15, 0.2) is 0 Å². The lowest BCUT2D eigenvalue weighted by molar-refractivity contribution is -0.0321. The van der Waals surface area contributed by atoms with Gasteiger partial charge in [0.15, 0.2) is 0 Å². The smallest absolute Gasteiger partial charge is 0.00436 e. The van der Waals surface area contributed by atoms with E-state index in [-0.39, 0.29) is 0 Å². The van der Waals surface area contributed by atoms with Gasteiger partial charge in [0.2, 0.25) is 0 Å². The molecule has 0 N–H and O–H groups in total. The van der Waals surface area contributed by atoms with Gasteiger partial charge in [-0.15, -0.1) is 0 Å². The predicted molar refractivity (Wildman–Crippen MR) is 75.1 cm³/mol. The van der Waals surface area contributed by atoms with Crippen molar-refractivity contribution in [3.8, 4) is 0 Å². The van der Waals surface area contributed by atoms with Crippen LogP contribution in [0.1, 0.15) is 53.9 Å². The Morgan fingerprint density at radius 2 is 1.76 bits per heavy atom. The molecular weight excluding hydrogens is 206 g/mol. The molecule has 2 aliphatic rings. The first-order valence-electron chi connectivity index (χ1n) is 7.47. The van der Waals surface area contributed by atoms with Gasteiger partial charge in [0, 0.05) is 13.1 Å². The van der Waals surface area contributed by atoms with Crippen molar-refractivity contribution in [2.24, 2.45) is 28.6 Å². The molecule has 0 amide bonds. The van der Waals surface area contributed by atoms with Crippen LogP contribution >= 0.6 is 0 Å². The lowest BCUT2D eigenvalue weighted by atomic mass is 9.51. The molecule has 1 saturated heterocycles. The summed E-state index contributed by atoms with van der Waals surface area (Å²) in [6, 6.07) is 0. The molecule has 0 aromatic heterocycles. The molecule has 0 aromatic rings. The van der Waals surface area contributed by atoms with E-state index in [1.54, 1.807) is 0 Å². The molecule has 1 heterocycles. The first-order valence-corrected chi connectivity index (χ1v) is 7.47. The highest BCUT2D eigenvalue weighted by molar-refractivity contribution is 5.07. The van der Waals surface area contributed by atoms with Crippen LogP contribution in [0.5, 0.6) is 0 Å². The maximum Gasteiger partial charge on any atom is 0.00436 e. The van der Waals surface area contributed by atoms with E-state index in [9.17, 15) is 0 Å². The van der Waals surface area contributed by atoms with Gasteiger partial charge < -0.3 is 4.90 Å². The van der Waals surface area contributed by atoms with E-state index in [0.717, 1.165) is 17.8 Å². The molecule has 1 aliphatic heterocycles. The first kappa shape index (κ1) is 13.4. The normalized spacial score (nSPS) is 42.5. The number of likely N-dealkylation sites (tertiary alicyclic amines) is 1. The maximum absolute atomic E-state index is 2.58. The van der Waals surface area contributed by atoms with Gasteiger partial charge in [-0.3, -0.25) is 0 Å². The number of hydrogen-bond donors (Lipinski definition) is 0. The van der Waals surface area contributed by atoms with Crippen LogP contribution in [0.4, 0.5) is 0 Å². The van der Waals surface area contributed by atoms with Gasteiger partial charge in [0.25, 0.3) is 0 Å². The zero-order chi connectivity index (χ0) is 12.8. The Balaban J connectivity index is 2.35. The fraction of sp³-hybridized carbons (Fsp3) is 1.00. The maximum atomic E-state index is 2.58. The van der Waals surface area contributed by atoms with Gasteiger partial charge in [-0.05, 0) is 48.5 Å². The predicted octanol–water partition coefficient (Wildman–Crippen LogP) is 4.04. The van der Waals surface area contributed by atoms with E-state index in [2.05, 4.69) is 46.6 Å². The molecule has 17 heavy (non-hydrogen) atoms. The molecule has 0 aromatic carbocycles. The average Bonchev–Trinajstić information content (AvgIpc) is 2.35. The molecule has 1 aliphatic carbocycles. The number of nitrogens with zero attached hydrogens (tertiary/aromatic N) is 1. The monoisotopic (exact) mass is 237 g/mol. The molecule has 2 rings (SSSR count). The summed E-state index contributed by atoms with van der Waals surface area (Å²) in [5.74, 6) is 2.70. The summed E-state index contributed by atoms with van der Waals surface area (Å²) in [7, 11) is 2.31. The zero-order valence-electron chi connectivity index (χ0n) is 12.7. The van der Waals surface area contributed by atoms with Crippen LogP contribution in [-0.4, -0.2) is 25.0 Å². The van der Waals surface area contributed by atoms with Crippen LogP contribution in [0, 0.1) is 28.6 Å². The third-order valence-electron chi connectivity index (χ3n) is 5.76. The standard InChI is InChI=1S/C16H31N/c1-12(2)14-8-7-13(3)9-16(14)11-17(6)10-15(16,4)5/h12-14H,7-11H2,1-6H3. The lowest BCUT2D eigenvalue weighted by Crippen LogP contribution is -2.48. The molecule has 1 saturated carbocycles. The summed E-state index contributed by atoms with van der Waals surface area (Å²) in [5.41, 5.74) is 1.07. The molecule has 1 nitrogen and oxygen atoms in total. The Bertz CT molecular complexity index is 281. The summed E-state index contributed by atoms with van der Waals surface area (Å²) in [6.07, 6.45) is 4.35. The van der Waals surface area contributed by atoms with Crippen molar-refractivity contribution in [2.45, 2.75) is 53.9 Å². The van der Waals surface area contributed by atoms with E-state index in [1.165, 1.54) is 32.4 Å². The van der Waals surface area contributed by atoms with Crippen molar-refractivity contribution in [2.75, 3.05) is 20.1 Å². The minimum absolute atomic E-state index is 0.491. The Kier molecular flexibility index (Phi) is 3.36. The number of hydrogen-bond acceptors (Lipinski definition) is 1. The summed E-state index contributed by atoms with van der Waals surface area (Å²) < 4.78 is 0. The minimum Gasteiger partial charge on any atom is -0.305 e. The average molecular weight is 237 g/mol. The van der Waals surface area contributed by atoms with Crippen molar-refractivity contribution in [3.05, 3.63) is 0 Å². The van der Waals surface area contributed by atoms with E-state index >= 15 is 0 Å². The Morgan fingerprint density at radius 3 is 2.24 bits per heavy atom. The SMILES string of the molecule is CC1CCC(C(C)C)C2(C1)CN(C)CC2(C)C. The minimum atomic E-state index is 0.491. The van der Waals surface area contributed by atoms with Crippen LogP contribution in [0.2, 0.25) is 0 Å². The zero-order valence-corrected chi connectivity index (χ0v) is 12.7. The second-order valence-electron chi connectivity index (χ2n) is 7.95. The molecular formula is C16H31N. The van der Waals surface area contributed by atoms with E-state index in [1.807, 2.05) is 0 Å². The third kappa shape index (κ3) is 2.05. The van der Waals surface area contributed by atoms with Gasteiger partial charge in [-0.25, -0.2) is 0 Å². The van der Waals surface area contributed by atoms with E-state index < -0.39 is 0 Å². The summed E-state index contributed by atoms with van der Waals surface area (Å²) in [4.78, 5) is 2.58. The summed E-state index contributed by atoms with van der Waals surface area (Å²) in [6.45, 7) is 15.0. The molecule has 1 spiro atoms. The lowest BCUT2D eigenvalue weighted by Gasteiger charge is -2.53. The molecule has 2 fully saturated rings. The van der Waals surface area contributed by atoms with E-state index in [0.29, 0.717) is 10.8 Å². The van der Waals surface area contributed by atoms with Crippen molar-refractivity contribution in [3.63, 3.8) is 0 Å². The Morgan fingerprint density at radius 1 is 1.12 bits per heavy atom. The molecule has 0 radical (unpaired) electrons. The largest absolute Gasteiger partial charge is 0.305 e. The highest BCUT2D eigenvalue weighted by Crippen LogP contribution is 2.60. The van der Waals surface area contributed by atoms with Crippen molar-refractivity contribution in [1.29, 1.82) is 0 Å². The Hall–Kier alpha value is -0.0400. The quantitative estimate of drug-likeness (QED) is 0.665. The fourth-order valence-electron chi connectivity index (χ4n) is 5.13. The molecule has 100 valence electrons. The second kappa shape index (κ2) is 4.26. The van der Waals surface area contributed by atoms with Crippen molar-refractivity contribution >= 4 is 0 Å². The topological polar surface area (TPSA) is 3.24 Å². The highest BCUT2D eigenvalue weighted by atomic mass is 15.2. The van der Waals surface area contributed by atoms with Gasteiger partial charge >= 0.3 is 0 Å². The molecule has 3 atom stereocenters. The number of rotatable bonds is 1. The van der Waals surface area contributed by atoms with Gasteiger partial charge in [0.05, 0.1) is 0 Å². The highest BCUT2D eigenvalue weighted by Gasteiger charge is 2.57. The van der Waals surface area contributed by atoms with Crippen LogP contribution in [0.25, 0.3) is 0 Å². The first-order chi connectivity index (χ1) is 7.78. The van der Waals surface area contributed by atoms with Crippen molar-refractivity contribution < 1.29 is 0 Å². The summed E-state index contributed by atoms with van der Waals surface area (Å²) >= 11 is 0. The third-order valence-corrected chi connectivity index (χ3v) is 5.76. The second-order valence-corrected chi connectivity index (χ2v) is 7.95. The van der Waals surface area contributed by atoms with Gasteiger partial charge in [-0.2, -0.15) is 0 Å². The molecule has 0 bridgehead atoms. The van der Waals surface area contributed by atoms with Crippen LogP contribution < -0.4 is 0 Å². The van der Waals surface area contributed by atoms with E-state index in [4.69, 9.17) is 0 Å². The molecule has 1 heteroatoms. The van der Waals surface area contributed by atoms with Crippen LogP contribution in [0.3, 0.4) is 0 Å². The summed E-state index contributed by atoms with van der Waals surface area (Å²) in [5, 5.41) is 0. The van der Waals surface area contributed by atoms with Gasteiger partial charge in [-0.1, -0.05) is 41.0 Å². The molecule has 3 unspecified atom stereocenters.